The number of anilines is 1. The zero-order chi connectivity index (χ0) is 23.2. The van der Waals surface area contributed by atoms with E-state index in [9.17, 15) is 9.90 Å². The van der Waals surface area contributed by atoms with Crippen LogP contribution < -0.4 is 10.1 Å². The van der Waals surface area contributed by atoms with Gasteiger partial charge in [0.1, 0.15) is 11.8 Å². The molecule has 174 valence electrons. The molecule has 0 bridgehead atoms. The Bertz CT molecular complexity index is 1010. The molecule has 0 saturated carbocycles. The van der Waals surface area contributed by atoms with E-state index in [0.717, 1.165) is 30.8 Å². The second-order valence-electron chi connectivity index (χ2n) is 8.18. The van der Waals surface area contributed by atoms with Crippen LogP contribution in [-0.2, 0) is 11.2 Å². The summed E-state index contributed by atoms with van der Waals surface area (Å²) < 4.78 is 5.22. The molecular formula is C25H30N4O3S. The predicted molar refractivity (Wildman–Crippen MR) is 135 cm³/mol. The highest BCUT2D eigenvalue weighted by Crippen LogP contribution is 2.31. The van der Waals surface area contributed by atoms with Gasteiger partial charge in [0.25, 0.3) is 0 Å². The third-order valence-electron chi connectivity index (χ3n) is 6.08. The molecule has 0 radical (unpaired) electrons. The lowest BCUT2D eigenvalue weighted by atomic mass is 10.00. The number of ether oxygens (including phenoxy) is 1. The molecule has 0 amide bonds. The first-order valence-electron chi connectivity index (χ1n) is 11.3. The van der Waals surface area contributed by atoms with Gasteiger partial charge in [-0.2, -0.15) is 0 Å². The molecule has 2 aliphatic rings. The van der Waals surface area contributed by atoms with E-state index >= 15 is 0 Å². The number of carboxylic acid groups (broad SMARTS) is 1. The minimum Gasteiger partial charge on any atom is -0.497 e. The number of aliphatic carboxylic acids is 1. The summed E-state index contributed by atoms with van der Waals surface area (Å²) in [6, 6.07) is 15.8. The zero-order valence-corrected chi connectivity index (χ0v) is 19.8. The van der Waals surface area contributed by atoms with Crippen molar-refractivity contribution in [1.29, 1.82) is 0 Å². The van der Waals surface area contributed by atoms with Crippen molar-refractivity contribution >= 4 is 35.6 Å². The molecule has 2 aliphatic heterocycles. The average molecular weight is 467 g/mol. The Balaban J connectivity index is 1.29. The lowest BCUT2D eigenvalue weighted by Gasteiger charge is -2.26. The number of hydrogen-bond donors (Lipinski definition) is 2. The summed E-state index contributed by atoms with van der Waals surface area (Å²) in [6.45, 7) is 3.51. The zero-order valence-electron chi connectivity index (χ0n) is 19.0. The van der Waals surface area contributed by atoms with Crippen LogP contribution in [0, 0.1) is 0 Å². The van der Waals surface area contributed by atoms with Crippen molar-refractivity contribution in [3.8, 4) is 5.75 Å². The van der Waals surface area contributed by atoms with Crippen LogP contribution in [0.1, 0.15) is 30.4 Å². The summed E-state index contributed by atoms with van der Waals surface area (Å²) in [5, 5.41) is 13.1. The lowest BCUT2D eigenvalue weighted by molar-refractivity contribution is -0.142. The van der Waals surface area contributed by atoms with Crippen molar-refractivity contribution in [3.05, 3.63) is 59.7 Å². The minimum atomic E-state index is -0.721. The van der Waals surface area contributed by atoms with Gasteiger partial charge >= 0.3 is 5.97 Å². The summed E-state index contributed by atoms with van der Waals surface area (Å²) in [7, 11) is 1.66. The standard InChI is InChI=1S/C25H30N4O3S/c1-3-23-29(22(16-33-23)24(30)31)13-12-17-4-8-20(9-5-17)28-25-26-14-19(15-27-25)18-6-10-21(32-2)11-7-18/h4-11,14,19,22-23H,3,12-13,15-16H2,1-2H3,(H,27,28)(H,30,31)/t19?,22-,23?/m1/s1. The van der Waals surface area contributed by atoms with Gasteiger partial charge in [0.2, 0.25) is 5.96 Å². The number of rotatable bonds is 8. The highest BCUT2D eigenvalue weighted by molar-refractivity contribution is 8.00. The summed E-state index contributed by atoms with van der Waals surface area (Å²) in [5.74, 6) is 1.55. The monoisotopic (exact) mass is 466 g/mol. The van der Waals surface area contributed by atoms with Crippen LogP contribution in [0.25, 0.3) is 0 Å². The number of thioether (sulfide) groups is 1. The first-order chi connectivity index (χ1) is 16.1. The smallest absolute Gasteiger partial charge is 0.321 e. The van der Waals surface area contributed by atoms with Gasteiger partial charge in [-0.15, -0.1) is 11.8 Å². The number of guanidine groups is 1. The molecular weight excluding hydrogens is 436 g/mol. The summed E-state index contributed by atoms with van der Waals surface area (Å²) in [5.41, 5.74) is 3.28. The van der Waals surface area contributed by atoms with Crippen LogP contribution in [0.15, 0.2) is 58.5 Å². The van der Waals surface area contributed by atoms with E-state index in [1.807, 2.05) is 42.6 Å². The first-order valence-corrected chi connectivity index (χ1v) is 12.3. The van der Waals surface area contributed by atoms with Gasteiger partial charge in [0.05, 0.1) is 19.0 Å². The highest BCUT2D eigenvalue weighted by atomic mass is 32.2. The van der Waals surface area contributed by atoms with Crippen molar-refractivity contribution in [1.82, 2.24) is 4.90 Å². The number of carbonyl (C=O) groups is 1. The van der Waals surface area contributed by atoms with Gasteiger partial charge in [-0.3, -0.25) is 14.7 Å². The maximum absolute atomic E-state index is 11.6. The number of hydrogen-bond acceptors (Lipinski definition) is 7. The lowest BCUT2D eigenvalue weighted by Crippen LogP contribution is -2.42. The number of methoxy groups -OCH3 is 1. The Morgan fingerprint density at radius 2 is 1.97 bits per heavy atom. The number of aliphatic imine (C=N–C) groups is 2. The van der Waals surface area contributed by atoms with E-state index in [1.165, 1.54) is 11.1 Å². The van der Waals surface area contributed by atoms with Crippen molar-refractivity contribution < 1.29 is 14.6 Å². The normalized spacial score (nSPS) is 22.7. The fraction of sp³-hybridized carbons (Fsp3) is 0.400. The topological polar surface area (TPSA) is 86.5 Å². The van der Waals surface area contributed by atoms with Gasteiger partial charge in [-0.05, 0) is 48.2 Å². The number of benzene rings is 2. The molecule has 0 aliphatic carbocycles. The molecule has 2 aromatic carbocycles. The minimum absolute atomic E-state index is 0.161. The second kappa shape index (κ2) is 10.9. The molecule has 2 heterocycles. The number of nitrogens with zero attached hydrogens (tertiary/aromatic N) is 3. The Hall–Kier alpha value is -2.84. The number of carboxylic acids is 1. The molecule has 7 nitrogen and oxygen atoms in total. The third kappa shape index (κ3) is 5.75. The molecule has 0 spiro atoms. The SMILES string of the molecule is CCC1SC[C@H](C(=O)O)N1CCc1ccc(NC2=NCC(c3ccc(OC)cc3)C=N2)cc1. The van der Waals surface area contributed by atoms with Crippen LogP contribution in [0.3, 0.4) is 0 Å². The molecule has 1 saturated heterocycles. The molecule has 3 atom stereocenters. The van der Waals surface area contributed by atoms with Crippen molar-refractivity contribution in [2.24, 2.45) is 9.98 Å². The van der Waals surface area contributed by atoms with Crippen LogP contribution in [0.5, 0.6) is 5.75 Å². The van der Waals surface area contributed by atoms with E-state index in [-0.39, 0.29) is 17.3 Å². The van der Waals surface area contributed by atoms with Gasteiger partial charge < -0.3 is 15.2 Å². The maximum atomic E-state index is 11.6. The van der Waals surface area contributed by atoms with E-state index < -0.39 is 5.97 Å². The van der Waals surface area contributed by atoms with E-state index in [2.05, 4.69) is 39.3 Å². The highest BCUT2D eigenvalue weighted by Gasteiger charge is 2.37. The second-order valence-corrected chi connectivity index (χ2v) is 9.39. The number of nitrogens with one attached hydrogen (secondary N) is 1. The third-order valence-corrected chi connectivity index (χ3v) is 7.58. The molecule has 8 heteroatoms. The Morgan fingerprint density at radius 1 is 1.21 bits per heavy atom. The maximum Gasteiger partial charge on any atom is 0.321 e. The Labute approximate surface area is 199 Å². The molecule has 4 rings (SSSR count). The molecule has 2 aromatic rings. The quantitative estimate of drug-likeness (QED) is 0.609. The fourth-order valence-corrected chi connectivity index (χ4v) is 5.57. The van der Waals surface area contributed by atoms with Crippen molar-refractivity contribution in [3.63, 3.8) is 0 Å². The van der Waals surface area contributed by atoms with Crippen LogP contribution in [0.2, 0.25) is 0 Å². The van der Waals surface area contributed by atoms with Crippen LogP contribution in [-0.4, -0.2) is 65.5 Å². The molecule has 1 fully saturated rings. The van der Waals surface area contributed by atoms with Gasteiger partial charge in [-0.25, -0.2) is 4.99 Å². The molecule has 2 N–H and O–H groups in total. The van der Waals surface area contributed by atoms with Crippen molar-refractivity contribution in [2.75, 3.05) is 31.3 Å². The van der Waals surface area contributed by atoms with E-state index in [0.29, 0.717) is 18.3 Å². The van der Waals surface area contributed by atoms with Crippen LogP contribution >= 0.6 is 11.8 Å². The fourth-order valence-electron chi connectivity index (χ4n) is 4.15. The van der Waals surface area contributed by atoms with Crippen molar-refractivity contribution in [2.45, 2.75) is 37.1 Å². The average Bonchev–Trinajstić information content (AvgIpc) is 3.27. The largest absolute Gasteiger partial charge is 0.497 e. The summed E-state index contributed by atoms with van der Waals surface area (Å²) in [6.07, 6.45) is 3.71. The summed E-state index contributed by atoms with van der Waals surface area (Å²) >= 11 is 1.75. The van der Waals surface area contributed by atoms with Crippen LogP contribution in [0.4, 0.5) is 5.69 Å². The van der Waals surface area contributed by atoms with E-state index in [1.54, 1.807) is 18.9 Å². The van der Waals surface area contributed by atoms with Gasteiger partial charge in [0.15, 0.2) is 0 Å². The Kier molecular flexibility index (Phi) is 7.67. The first kappa shape index (κ1) is 23.3. The molecule has 33 heavy (non-hydrogen) atoms. The Morgan fingerprint density at radius 3 is 2.58 bits per heavy atom. The predicted octanol–water partition coefficient (Wildman–Crippen LogP) is 4.11. The summed E-state index contributed by atoms with van der Waals surface area (Å²) in [4.78, 5) is 22.8. The van der Waals surface area contributed by atoms with Gasteiger partial charge in [-0.1, -0.05) is 31.2 Å². The van der Waals surface area contributed by atoms with E-state index in [4.69, 9.17) is 4.74 Å². The molecule has 0 aromatic heterocycles. The van der Waals surface area contributed by atoms with Gasteiger partial charge in [0, 0.05) is 30.1 Å². The molecule has 2 unspecified atom stereocenters.